The zero-order valence-corrected chi connectivity index (χ0v) is 27.2. The highest BCUT2D eigenvalue weighted by atomic mass is 35.5. The zero-order chi connectivity index (χ0) is 31.6. The van der Waals surface area contributed by atoms with Gasteiger partial charge in [-0.2, -0.15) is 0 Å². The molecule has 0 radical (unpaired) electrons. The predicted octanol–water partition coefficient (Wildman–Crippen LogP) is 9.07. The van der Waals surface area contributed by atoms with E-state index in [1.165, 1.54) is 37.0 Å². The molecule has 43 heavy (non-hydrogen) atoms. The van der Waals surface area contributed by atoms with Gasteiger partial charge in [0.25, 0.3) is 0 Å². The van der Waals surface area contributed by atoms with Crippen molar-refractivity contribution in [2.45, 2.75) is 78.4 Å². The number of aromatic nitrogens is 2. The van der Waals surface area contributed by atoms with Gasteiger partial charge in [-0.1, -0.05) is 61.6 Å². The number of carbonyl (C=O) groups is 1. The van der Waals surface area contributed by atoms with Gasteiger partial charge in [0.2, 0.25) is 0 Å². The fourth-order valence-corrected chi connectivity index (χ4v) is 8.26. The lowest BCUT2D eigenvalue weighted by atomic mass is 9.78. The average molecular weight is 652 g/mol. The summed E-state index contributed by atoms with van der Waals surface area (Å²) in [5.41, 5.74) is 0.284. The van der Waals surface area contributed by atoms with Crippen LogP contribution < -0.4 is 0 Å². The van der Waals surface area contributed by atoms with E-state index in [0.717, 1.165) is 11.1 Å². The van der Waals surface area contributed by atoms with Crippen molar-refractivity contribution in [2.24, 2.45) is 17.8 Å². The highest BCUT2D eigenvalue weighted by Crippen LogP contribution is 2.56. The van der Waals surface area contributed by atoms with Gasteiger partial charge in [0, 0.05) is 11.5 Å². The molecule has 232 valence electrons. The van der Waals surface area contributed by atoms with Crippen LogP contribution in [0, 0.1) is 23.6 Å². The van der Waals surface area contributed by atoms with Crippen molar-refractivity contribution in [3.63, 3.8) is 0 Å². The van der Waals surface area contributed by atoms with Gasteiger partial charge in [-0.15, -0.1) is 11.3 Å². The van der Waals surface area contributed by atoms with Gasteiger partial charge in [-0.05, 0) is 75.1 Å². The molecule has 2 aliphatic carbocycles. The summed E-state index contributed by atoms with van der Waals surface area (Å²) in [7, 11) is 0. The minimum Gasteiger partial charge on any atom is -0.478 e. The fourth-order valence-electron chi connectivity index (χ4n) is 6.39. The molecule has 2 saturated carbocycles. The number of nitrogens with zero attached hydrogens (tertiary/aromatic N) is 2. The van der Waals surface area contributed by atoms with Crippen molar-refractivity contribution in [2.75, 3.05) is 0 Å². The van der Waals surface area contributed by atoms with E-state index in [4.69, 9.17) is 32.8 Å². The van der Waals surface area contributed by atoms with Crippen LogP contribution in [0.4, 0.5) is 4.39 Å². The minimum atomic E-state index is -1.25. The van der Waals surface area contributed by atoms with Gasteiger partial charge >= 0.3 is 5.97 Å². The molecule has 2 heterocycles. The lowest BCUT2D eigenvalue weighted by Crippen LogP contribution is -2.19. The van der Waals surface area contributed by atoms with E-state index in [1.54, 1.807) is 38.1 Å². The number of aliphatic hydroxyl groups is 2. The van der Waals surface area contributed by atoms with Gasteiger partial charge in [0.15, 0.2) is 11.6 Å². The topological polar surface area (TPSA) is 117 Å². The summed E-state index contributed by atoms with van der Waals surface area (Å²) in [6.45, 7) is 9.08. The fraction of sp³-hybridized carbons (Fsp3) is 0.469. The van der Waals surface area contributed by atoms with E-state index in [2.05, 4.69) is 17.1 Å². The Kier molecular flexibility index (Phi) is 10.6. The smallest absolute Gasteiger partial charge is 0.335 e. The Morgan fingerprint density at radius 2 is 1.86 bits per heavy atom. The van der Waals surface area contributed by atoms with Gasteiger partial charge in [0.1, 0.15) is 16.8 Å². The number of aromatic carboxylic acids is 1. The molecule has 4 atom stereocenters. The first-order valence-corrected chi connectivity index (χ1v) is 16.1. The number of rotatable bonds is 5. The number of fused-ring (bicyclic) bond motifs is 3. The summed E-state index contributed by atoms with van der Waals surface area (Å²) < 4.78 is 20.0. The summed E-state index contributed by atoms with van der Waals surface area (Å²) in [5, 5.41) is 34.2. The maximum atomic E-state index is 14.2. The summed E-state index contributed by atoms with van der Waals surface area (Å²) in [4.78, 5) is 15.6. The number of aliphatic hydroxyl groups excluding tert-OH is 1. The highest BCUT2D eigenvalue weighted by Gasteiger charge is 2.45. The molecule has 0 saturated heterocycles. The molecule has 0 amide bonds. The number of benzene rings is 2. The van der Waals surface area contributed by atoms with Crippen LogP contribution in [0.1, 0.15) is 92.9 Å². The number of hydrogen-bond donors (Lipinski definition) is 3. The number of hydrogen-bond acceptors (Lipinski definition) is 7. The average Bonchev–Trinajstić information content (AvgIpc) is 3.63. The Labute approximate surface area is 264 Å². The van der Waals surface area contributed by atoms with Crippen molar-refractivity contribution < 1.29 is 29.0 Å². The highest BCUT2D eigenvalue weighted by molar-refractivity contribution is 7.18. The number of carboxylic acids is 1. The molecule has 3 N–H and O–H groups in total. The summed E-state index contributed by atoms with van der Waals surface area (Å²) >= 11 is 13.7. The van der Waals surface area contributed by atoms with Crippen LogP contribution in [-0.4, -0.2) is 31.4 Å². The Morgan fingerprint density at radius 3 is 2.44 bits per heavy atom. The van der Waals surface area contributed by atoms with Crippen molar-refractivity contribution >= 4 is 50.7 Å². The van der Waals surface area contributed by atoms with Crippen LogP contribution in [0.5, 0.6) is 0 Å². The van der Waals surface area contributed by atoms with Crippen LogP contribution in [0.3, 0.4) is 0 Å². The van der Waals surface area contributed by atoms with Gasteiger partial charge in [-0.3, -0.25) is 0 Å². The molecule has 0 spiro atoms. The van der Waals surface area contributed by atoms with E-state index >= 15 is 0 Å². The normalized spacial score (nSPS) is 21.2. The largest absolute Gasteiger partial charge is 0.478 e. The third-order valence-corrected chi connectivity index (χ3v) is 9.92. The number of thiazole rings is 1. The van der Waals surface area contributed by atoms with Crippen molar-refractivity contribution in [1.29, 1.82) is 0 Å². The summed E-state index contributed by atoms with van der Waals surface area (Å²) in [5.74, 6) is 1.05. The molecule has 2 aromatic carbocycles. The van der Waals surface area contributed by atoms with E-state index in [0.29, 0.717) is 60.8 Å². The molecule has 2 aliphatic rings. The minimum absolute atomic E-state index is 0.000171. The van der Waals surface area contributed by atoms with Crippen molar-refractivity contribution in [3.05, 3.63) is 68.1 Å². The molecule has 7 nitrogen and oxygen atoms in total. The quantitative estimate of drug-likeness (QED) is 0.197. The molecule has 2 fully saturated rings. The number of carboxylic acid groups (broad SMARTS) is 1. The monoisotopic (exact) mass is 650 g/mol. The van der Waals surface area contributed by atoms with E-state index in [-0.39, 0.29) is 17.9 Å². The van der Waals surface area contributed by atoms with E-state index in [9.17, 15) is 19.4 Å². The summed E-state index contributed by atoms with van der Waals surface area (Å²) in [6.07, 6.45) is 5.01. The lowest BCUT2D eigenvalue weighted by molar-refractivity contribution is 0.0448. The van der Waals surface area contributed by atoms with Gasteiger partial charge < -0.3 is 19.8 Å². The van der Waals surface area contributed by atoms with E-state index < -0.39 is 17.4 Å². The molecule has 2 bridgehead atoms. The predicted molar refractivity (Wildman–Crippen MR) is 168 cm³/mol. The third-order valence-electron chi connectivity index (χ3n) is 8.19. The zero-order valence-electron chi connectivity index (χ0n) is 24.8. The first kappa shape index (κ1) is 33.3. The second-order valence-electron chi connectivity index (χ2n) is 11.4. The molecule has 4 aromatic rings. The lowest BCUT2D eigenvalue weighted by Gasteiger charge is -2.29. The number of halogens is 3. The first-order valence-electron chi connectivity index (χ1n) is 14.5. The second kappa shape index (κ2) is 13.6. The Bertz CT molecular complexity index is 1580. The van der Waals surface area contributed by atoms with Crippen LogP contribution in [0.2, 0.25) is 10.0 Å². The molecule has 11 heteroatoms. The maximum Gasteiger partial charge on any atom is 0.335 e. The molecule has 4 unspecified atom stereocenters. The van der Waals surface area contributed by atoms with Crippen LogP contribution in [0.15, 0.2) is 34.9 Å². The van der Waals surface area contributed by atoms with Crippen molar-refractivity contribution in [3.8, 4) is 11.3 Å². The first-order chi connectivity index (χ1) is 20.4. The third kappa shape index (κ3) is 6.76. The molecule has 2 aromatic heterocycles. The van der Waals surface area contributed by atoms with Crippen LogP contribution >= 0.6 is 34.5 Å². The molecular formula is C32H37Cl2FN2O5S. The van der Waals surface area contributed by atoms with Crippen molar-refractivity contribution in [1.82, 2.24) is 10.1 Å². The van der Waals surface area contributed by atoms with Gasteiger partial charge in [0.05, 0.1) is 37.5 Å². The Balaban J connectivity index is 0.000000188. The van der Waals surface area contributed by atoms with Gasteiger partial charge in [-0.25, -0.2) is 14.2 Å². The molecule has 0 aliphatic heterocycles. The van der Waals surface area contributed by atoms with Crippen LogP contribution in [-0.2, 0) is 12.2 Å². The summed E-state index contributed by atoms with van der Waals surface area (Å²) in [6, 6.07) is 7.68. The Hall–Kier alpha value is -2.56. The second-order valence-corrected chi connectivity index (χ2v) is 13.3. The van der Waals surface area contributed by atoms with E-state index in [1.807, 2.05) is 13.8 Å². The molecule has 6 rings (SSSR count). The maximum absolute atomic E-state index is 14.2. The molecular weight excluding hydrogens is 614 g/mol. The SMILES string of the molecule is CC.CC(C)(O)c1onc(-c2c(Cl)cccc2Cl)c1CO.CC1CC2CCCC1C2c1nc2c(F)cc(C(=O)O)cc2s1. The standard InChI is InChI=1S/C17H18FNO2S.C13H13Cl2NO3.C2H6/c1-8-5-9-3-2-4-11(8)14(9)16-19-15-12(18)6-10(17(20)21)7-13(15)22-16;1-13(2,18)12-7(6-17)11(16-19-12)10-8(14)4-3-5-9(10)15;1-2/h6-9,11,14H,2-5H2,1H3,(H,20,21);3-5,17-18H,6H2,1-2H3;1-2H3. The Morgan fingerprint density at radius 1 is 1.19 bits per heavy atom. The van der Waals surface area contributed by atoms with Crippen LogP contribution in [0.25, 0.3) is 21.5 Å².